The summed E-state index contributed by atoms with van der Waals surface area (Å²) in [6, 6.07) is 6.05. The normalized spacial score (nSPS) is 8.62. The highest BCUT2D eigenvalue weighted by Crippen LogP contribution is 2.13. The molecule has 0 aromatic heterocycles. The van der Waals surface area contributed by atoms with Gasteiger partial charge in [0.15, 0.2) is 0 Å². The van der Waals surface area contributed by atoms with Gasteiger partial charge in [0.2, 0.25) is 5.24 Å². The predicted octanol–water partition coefficient (Wildman–Crippen LogP) is 2.66. The SMILES string of the molecule is CC(=O)Cl.Cc1cccc(C)c1N. The van der Waals surface area contributed by atoms with Crippen molar-refractivity contribution >= 4 is 22.5 Å². The van der Waals surface area contributed by atoms with E-state index in [4.69, 9.17) is 5.73 Å². The molecule has 0 aliphatic rings. The molecule has 0 heterocycles. The fourth-order valence-corrected chi connectivity index (χ4v) is 0.827. The van der Waals surface area contributed by atoms with E-state index >= 15 is 0 Å². The van der Waals surface area contributed by atoms with Crippen molar-refractivity contribution in [2.45, 2.75) is 20.8 Å². The average molecular weight is 200 g/mol. The number of aryl methyl sites for hydroxylation is 2. The summed E-state index contributed by atoms with van der Waals surface area (Å²) in [4.78, 5) is 9.21. The first-order chi connectivity index (χ1) is 5.95. The van der Waals surface area contributed by atoms with Gasteiger partial charge < -0.3 is 5.73 Å². The summed E-state index contributed by atoms with van der Waals surface area (Å²) in [5.74, 6) is 0. The van der Waals surface area contributed by atoms with Crippen LogP contribution in [0.2, 0.25) is 0 Å². The van der Waals surface area contributed by atoms with Gasteiger partial charge in [0.1, 0.15) is 0 Å². The number of carbonyl (C=O) groups excluding carboxylic acids is 1. The van der Waals surface area contributed by atoms with E-state index in [1.807, 2.05) is 32.0 Å². The highest BCUT2D eigenvalue weighted by atomic mass is 35.5. The van der Waals surface area contributed by atoms with E-state index < -0.39 is 0 Å². The zero-order valence-corrected chi connectivity index (χ0v) is 8.85. The molecule has 13 heavy (non-hydrogen) atoms. The summed E-state index contributed by atoms with van der Waals surface area (Å²) in [6.07, 6.45) is 0. The molecule has 0 saturated carbocycles. The van der Waals surface area contributed by atoms with Crippen LogP contribution in [0, 0.1) is 13.8 Å². The third kappa shape index (κ3) is 5.26. The molecule has 0 amide bonds. The van der Waals surface area contributed by atoms with Crippen LogP contribution in [0.4, 0.5) is 5.69 Å². The number of anilines is 1. The highest BCUT2D eigenvalue weighted by molar-refractivity contribution is 6.62. The maximum Gasteiger partial charge on any atom is 0.218 e. The monoisotopic (exact) mass is 199 g/mol. The molecular weight excluding hydrogens is 186 g/mol. The Hall–Kier alpha value is -1.02. The van der Waals surface area contributed by atoms with Crippen LogP contribution in [0.1, 0.15) is 18.1 Å². The van der Waals surface area contributed by atoms with E-state index in [2.05, 4.69) is 11.6 Å². The summed E-state index contributed by atoms with van der Waals surface area (Å²) in [5.41, 5.74) is 8.92. The Labute approximate surface area is 83.7 Å². The summed E-state index contributed by atoms with van der Waals surface area (Å²) >= 11 is 4.64. The quantitative estimate of drug-likeness (QED) is 0.516. The van der Waals surface area contributed by atoms with Crippen LogP contribution in [0.3, 0.4) is 0 Å². The van der Waals surface area contributed by atoms with Gasteiger partial charge >= 0.3 is 0 Å². The first-order valence-electron chi connectivity index (χ1n) is 3.93. The number of rotatable bonds is 0. The topological polar surface area (TPSA) is 43.1 Å². The van der Waals surface area contributed by atoms with Crippen molar-refractivity contribution in [1.82, 2.24) is 0 Å². The fourth-order valence-electron chi connectivity index (χ4n) is 0.827. The molecule has 1 rings (SSSR count). The number of benzene rings is 1. The number of carbonyl (C=O) groups is 1. The van der Waals surface area contributed by atoms with Gasteiger partial charge in [0.25, 0.3) is 0 Å². The van der Waals surface area contributed by atoms with Crippen molar-refractivity contribution in [2.75, 3.05) is 5.73 Å². The minimum absolute atomic E-state index is 0.361. The molecule has 1 aromatic rings. The van der Waals surface area contributed by atoms with Crippen molar-refractivity contribution in [3.8, 4) is 0 Å². The third-order valence-corrected chi connectivity index (χ3v) is 1.54. The zero-order chi connectivity index (χ0) is 10.4. The molecule has 0 unspecified atom stereocenters. The van der Waals surface area contributed by atoms with Crippen LogP contribution >= 0.6 is 11.6 Å². The lowest BCUT2D eigenvalue weighted by atomic mass is 10.1. The molecule has 0 aliphatic heterocycles. The second-order valence-corrected chi connectivity index (χ2v) is 3.31. The Morgan fingerprint density at radius 3 is 1.85 bits per heavy atom. The standard InChI is InChI=1S/C8H11N.C2H3ClO/c1-6-4-3-5-7(2)8(6)9;1-2(3)4/h3-5H,9H2,1-2H3;1H3. The van der Waals surface area contributed by atoms with Gasteiger partial charge in [-0.15, -0.1) is 0 Å². The molecule has 0 aliphatic carbocycles. The van der Waals surface area contributed by atoms with E-state index in [-0.39, 0.29) is 5.24 Å². The van der Waals surface area contributed by atoms with Crippen LogP contribution in [-0.4, -0.2) is 5.24 Å². The summed E-state index contributed by atoms with van der Waals surface area (Å²) in [7, 11) is 0. The first-order valence-corrected chi connectivity index (χ1v) is 4.30. The van der Waals surface area contributed by atoms with Gasteiger partial charge in [-0.25, -0.2) is 0 Å². The number of nitrogen functional groups attached to an aromatic ring is 1. The number of para-hydroxylation sites is 1. The van der Waals surface area contributed by atoms with E-state index in [0.717, 1.165) is 16.8 Å². The van der Waals surface area contributed by atoms with E-state index in [0.29, 0.717) is 0 Å². The van der Waals surface area contributed by atoms with Gasteiger partial charge in [0, 0.05) is 12.6 Å². The fraction of sp³-hybridized carbons (Fsp3) is 0.300. The maximum atomic E-state index is 9.21. The van der Waals surface area contributed by atoms with Crippen LogP contribution in [0.15, 0.2) is 18.2 Å². The molecule has 0 radical (unpaired) electrons. The van der Waals surface area contributed by atoms with Crippen LogP contribution in [-0.2, 0) is 4.79 Å². The van der Waals surface area contributed by atoms with E-state index in [9.17, 15) is 4.79 Å². The molecule has 2 nitrogen and oxygen atoms in total. The minimum atomic E-state index is -0.361. The van der Waals surface area contributed by atoms with Crippen molar-refractivity contribution in [3.63, 3.8) is 0 Å². The van der Waals surface area contributed by atoms with Crippen molar-refractivity contribution in [2.24, 2.45) is 0 Å². The Kier molecular flexibility index (Phi) is 5.16. The van der Waals surface area contributed by atoms with Crippen molar-refractivity contribution < 1.29 is 4.79 Å². The van der Waals surface area contributed by atoms with Gasteiger partial charge in [0.05, 0.1) is 0 Å². The molecule has 0 atom stereocenters. The Morgan fingerprint density at radius 2 is 1.62 bits per heavy atom. The zero-order valence-electron chi connectivity index (χ0n) is 8.10. The highest BCUT2D eigenvalue weighted by Gasteiger charge is 1.92. The van der Waals surface area contributed by atoms with Gasteiger partial charge in [-0.05, 0) is 36.6 Å². The lowest BCUT2D eigenvalue weighted by Crippen LogP contribution is -1.91. The summed E-state index contributed by atoms with van der Waals surface area (Å²) in [5, 5.41) is -0.361. The molecule has 0 fully saturated rings. The smallest absolute Gasteiger partial charge is 0.218 e. The largest absolute Gasteiger partial charge is 0.398 e. The minimum Gasteiger partial charge on any atom is -0.398 e. The van der Waals surface area contributed by atoms with Crippen LogP contribution in [0.5, 0.6) is 0 Å². The lowest BCUT2D eigenvalue weighted by molar-refractivity contribution is -0.109. The Balaban J connectivity index is 0.000000310. The van der Waals surface area contributed by atoms with E-state index in [1.54, 1.807) is 0 Å². The number of halogens is 1. The number of nitrogens with two attached hydrogens (primary N) is 1. The summed E-state index contributed by atoms with van der Waals surface area (Å²) < 4.78 is 0. The second-order valence-electron chi connectivity index (χ2n) is 2.78. The molecular formula is C10H14ClNO. The van der Waals surface area contributed by atoms with Crippen LogP contribution < -0.4 is 5.73 Å². The van der Waals surface area contributed by atoms with Crippen molar-refractivity contribution in [1.29, 1.82) is 0 Å². The summed E-state index contributed by atoms with van der Waals surface area (Å²) in [6.45, 7) is 5.33. The van der Waals surface area contributed by atoms with Gasteiger partial charge in [-0.1, -0.05) is 18.2 Å². The number of hydrogen-bond acceptors (Lipinski definition) is 2. The second kappa shape index (κ2) is 5.60. The number of hydrogen-bond donors (Lipinski definition) is 1. The molecule has 3 heteroatoms. The average Bonchev–Trinajstić information content (AvgIpc) is 1.99. The van der Waals surface area contributed by atoms with Crippen molar-refractivity contribution in [3.05, 3.63) is 29.3 Å². The Bertz CT molecular complexity index is 273. The lowest BCUT2D eigenvalue weighted by Gasteiger charge is -2.00. The van der Waals surface area contributed by atoms with Crippen LogP contribution in [0.25, 0.3) is 0 Å². The molecule has 0 spiro atoms. The Morgan fingerprint density at radius 1 is 1.31 bits per heavy atom. The first kappa shape index (κ1) is 12.0. The molecule has 1 aromatic carbocycles. The van der Waals surface area contributed by atoms with E-state index in [1.165, 1.54) is 6.92 Å². The maximum absolute atomic E-state index is 9.21. The molecule has 2 N–H and O–H groups in total. The molecule has 0 bridgehead atoms. The van der Waals surface area contributed by atoms with Gasteiger partial charge in [-0.3, -0.25) is 4.79 Å². The predicted molar refractivity (Wildman–Crippen MR) is 56.9 cm³/mol. The van der Waals surface area contributed by atoms with Gasteiger partial charge in [-0.2, -0.15) is 0 Å². The third-order valence-electron chi connectivity index (χ3n) is 1.54. The molecule has 0 saturated heterocycles. The molecule has 72 valence electrons.